The monoisotopic (exact) mass is 282 g/mol. The van der Waals surface area contributed by atoms with Gasteiger partial charge in [-0.3, -0.25) is 0 Å². The van der Waals surface area contributed by atoms with Crippen LogP contribution >= 0.6 is 23.2 Å². The van der Waals surface area contributed by atoms with Crippen LogP contribution in [0.15, 0.2) is 36.4 Å². The standard InChI is InChI=1S/C13H8Cl2O3/c14-10-5-4-7(16)6-9(10)8-2-1-3-11(15)12(8)13(17)18/h1-6,16H,(H,17,18). The first-order chi connectivity index (χ1) is 8.50. The summed E-state index contributed by atoms with van der Waals surface area (Å²) in [4.78, 5) is 11.2. The molecular weight excluding hydrogens is 275 g/mol. The Kier molecular flexibility index (Phi) is 3.45. The average Bonchev–Trinajstić information content (AvgIpc) is 2.31. The van der Waals surface area contributed by atoms with E-state index < -0.39 is 5.97 Å². The van der Waals surface area contributed by atoms with E-state index in [9.17, 15) is 15.0 Å². The molecule has 0 aliphatic heterocycles. The predicted octanol–water partition coefficient (Wildman–Crippen LogP) is 4.06. The molecule has 0 spiro atoms. The summed E-state index contributed by atoms with van der Waals surface area (Å²) in [7, 11) is 0. The molecule has 0 heterocycles. The molecule has 0 fully saturated rings. The lowest BCUT2D eigenvalue weighted by Crippen LogP contribution is -2.00. The number of benzene rings is 2. The van der Waals surface area contributed by atoms with Crippen LogP contribution in [0.3, 0.4) is 0 Å². The normalized spacial score (nSPS) is 10.3. The van der Waals surface area contributed by atoms with E-state index in [4.69, 9.17) is 23.2 Å². The molecule has 2 rings (SSSR count). The summed E-state index contributed by atoms with van der Waals surface area (Å²) in [5, 5.41) is 19.1. The third-order valence-corrected chi connectivity index (χ3v) is 3.11. The zero-order valence-electron chi connectivity index (χ0n) is 9.02. The minimum Gasteiger partial charge on any atom is -0.508 e. The number of carboxylic acids is 1. The van der Waals surface area contributed by atoms with Crippen LogP contribution in [0.25, 0.3) is 11.1 Å². The van der Waals surface area contributed by atoms with Crippen molar-refractivity contribution >= 4 is 29.2 Å². The Morgan fingerprint density at radius 2 is 1.72 bits per heavy atom. The fraction of sp³-hybridized carbons (Fsp3) is 0. The molecule has 0 bridgehead atoms. The van der Waals surface area contributed by atoms with E-state index in [0.717, 1.165) is 0 Å². The van der Waals surface area contributed by atoms with Gasteiger partial charge in [-0.15, -0.1) is 0 Å². The highest BCUT2D eigenvalue weighted by molar-refractivity contribution is 6.36. The Labute approximate surface area is 113 Å². The molecule has 2 aromatic carbocycles. The minimum absolute atomic E-state index is 0.00529. The Bertz CT molecular complexity index is 624. The highest BCUT2D eigenvalue weighted by Gasteiger charge is 2.17. The van der Waals surface area contributed by atoms with E-state index >= 15 is 0 Å². The lowest BCUT2D eigenvalue weighted by molar-refractivity contribution is 0.0698. The zero-order valence-corrected chi connectivity index (χ0v) is 10.5. The van der Waals surface area contributed by atoms with E-state index in [1.165, 1.54) is 24.3 Å². The number of halogens is 2. The third kappa shape index (κ3) is 2.28. The Hall–Kier alpha value is -1.71. The Morgan fingerprint density at radius 3 is 2.39 bits per heavy atom. The first-order valence-electron chi connectivity index (χ1n) is 5.01. The fourth-order valence-corrected chi connectivity index (χ4v) is 2.16. The van der Waals surface area contributed by atoms with Crippen molar-refractivity contribution in [3.8, 4) is 16.9 Å². The van der Waals surface area contributed by atoms with Crippen LogP contribution in [0.5, 0.6) is 5.75 Å². The van der Waals surface area contributed by atoms with Crippen LogP contribution in [-0.4, -0.2) is 16.2 Å². The molecule has 2 N–H and O–H groups in total. The maximum atomic E-state index is 11.2. The van der Waals surface area contributed by atoms with Crippen molar-refractivity contribution in [3.05, 3.63) is 52.0 Å². The molecule has 0 aliphatic carbocycles. The molecule has 3 nitrogen and oxygen atoms in total. The second kappa shape index (κ2) is 4.88. The number of rotatable bonds is 2. The van der Waals surface area contributed by atoms with Gasteiger partial charge in [0.1, 0.15) is 5.75 Å². The van der Waals surface area contributed by atoms with Gasteiger partial charge in [0.25, 0.3) is 0 Å². The van der Waals surface area contributed by atoms with Crippen LogP contribution in [0.1, 0.15) is 10.4 Å². The zero-order chi connectivity index (χ0) is 13.3. The third-order valence-electron chi connectivity index (χ3n) is 2.47. The van der Waals surface area contributed by atoms with Gasteiger partial charge in [0.15, 0.2) is 0 Å². The van der Waals surface area contributed by atoms with Gasteiger partial charge in [0.2, 0.25) is 0 Å². The molecule has 92 valence electrons. The lowest BCUT2D eigenvalue weighted by Gasteiger charge is -2.10. The second-order valence-corrected chi connectivity index (χ2v) is 4.45. The number of aromatic hydroxyl groups is 1. The van der Waals surface area contributed by atoms with Gasteiger partial charge in [-0.1, -0.05) is 35.3 Å². The summed E-state index contributed by atoms with van der Waals surface area (Å²) in [5.74, 6) is -1.14. The molecule has 2 aromatic rings. The van der Waals surface area contributed by atoms with E-state index in [1.54, 1.807) is 12.1 Å². The van der Waals surface area contributed by atoms with Crippen molar-refractivity contribution in [2.75, 3.05) is 0 Å². The number of phenolic OH excluding ortho intramolecular Hbond substituents is 1. The van der Waals surface area contributed by atoms with Crippen molar-refractivity contribution < 1.29 is 15.0 Å². The fourth-order valence-electron chi connectivity index (χ4n) is 1.69. The average molecular weight is 283 g/mol. The van der Waals surface area contributed by atoms with Crippen LogP contribution in [0, 0.1) is 0 Å². The summed E-state index contributed by atoms with van der Waals surface area (Å²) in [6, 6.07) is 9.04. The molecule has 0 unspecified atom stereocenters. The SMILES string of the molecule is O=C(O)c1c(Cl)cccc1-c1cc(O)ccc1Cl. The molecule has 0 atom stereocenters. The molecule has 0 saturated carbocycles. The molecule has 0 aromatic heterocycles. The van der Waals surface area contributed by atoms with Gasteiger partial charge in [-0.25, -0.2) is 4.79 Å². The molecule has 0 aliphatic rings. The number of aromatic carboxylic acids is 1. The largest absolute Gasteiger partial charge is 0.508 e. The number of carboxylic acid groups (broad SMARTS) is 1. The quantitative estimate of drug-likeness (QED) is 0.873. The van der Waals surface area contributed by atoms with Crippen LogP contribution in [0.4, 0.5) is 0 Å². The number of carbonyl (C=O) groups is 1. The maximum absolute atomic E-state index is 11.2. The molecule has 0 radical (unpaired) electrons. The van der Waals surface area contributed by atoms with Crippen molar-refractivity contribution in [1.82, 2.24) is 0 Å². The smallest absolute Gasteiger partial charge is 0.337 e. The van der Waals surface area contributed by atoms with Crippen molar-refractivity contribution in [3.63, 3.8) is 0 Å². The predicted molar refractivity (Wildman–Crippen MR) is 70.5 cm³/mol. The highest BCUT2D eigenvalue weighted by Crippen LogP contribution is 2.35. The molecular formula is C13H8Cl2O3. The topological polar surface area (TPSA) is 57.5 Å². The van der Waals surface area contributed by atoms with Crippen LogP contribution in [-0.2, 0) is 0 Å². The summed E-state index contributed by atoms with van der Waals surface area (Å²) >= 11 is 11.9. The molecule has 18 heavy (non-hydrogen) atoms. The second-order valence-electron chi connectivity index (χ2n) is 3.63. The van der Waals surface area contributed by atoms with Crippen molar-refractivity contribution in [2.45, 2.75) is 0 Å². The summed E-state index contributed by atoms with van der Waals surface area (Å²) < 4.78 is 0. The number of phenols is 1. The van der Waals surface area contributed by atoms with Crippen molar-refractivity contribution in [1.29, 1.82) is 0 Å². The first kappa shape index (κ1) is 12.7. The molecule has 0 amide bonds. The van der Waals surface area contributed by atoms with Gasteiger partial charge in [-0.05, 0) is 29.8 Å². The summed E-state index contributed by atoms with van der Waals surface area (Å²) in [6.45, 7) is 0. The van der Waals surface area contributed by atoms with Gasteiger partial charge in [0.05, 0.1) is 10.6 Å². The maximum Gasteiger partial charge on any atom is 0.337 e. The Balaban J connectivity index is 2.75. The minimum atomic E-state index is -1.14. The highest BCUT2D eigenvalue weighted by atomic mass is 35.5. The van der Waals surface area contributed by atoms with Crippen molar-refractivity contribution in [2.24, 2.45) is 0 Å². The van der Waals surface area contributed by atoms with E-state index in [2.05, 4.69) is 0 Å². The summed E-state index contributed by atoms with van der Waals surface area (Å²) in [5.41, 5.74) is 0.763. The Morgan fingerprint density at radius 1 is 1.00 bits per heavy atom. The lowest BCUT2D eigenvalue weighted by atomic mass is 9.99. The van der Waals surface area contributed by atoms with E-state index in [-0.39, 0.29) is 16.3 Å². The van der Waals surface area contributed by atoms with Gasteiger partial charge < -0.3 is 10.2 Å². The van der Waals surface area contributed by atoms with Gasteiger partial charge in [0, 0.05) is 10.6 Å². The van der Waals surface area contributed by atoms with E-state index in [0.29, 0.717) is 16.1 Å². The molecule has 0 saturated heterocycles. The number of hydrogen-bond donors (Lipinski definition) is 2. The summed E-state index contributed by atoms with van der Waals surface area (Å²) in [6.07, 6.45) is 0. The van der Waals surface area contributed by atoms with Crippen LogP contribution in [0.2, 0.25) is 10.0 Å². The molecule has 5 heteroatoms. The van der Waals surface area contributed by atoms with E-state index in [1.807, 2.05) is 0 Å². The number of hydrogen-bond acceptors (Lipinski definition) is 2. The van der Waals surface area contributed by atoms with Gasteiger partial charge >= 0.3 is 5.97 Å². The van der Waals surface area contributed by atoms with Crippen LogP contribution < -0.4 is 0 Å². The first-order valence-corrected chi connectivity index (χ1v) is 5.77. The van der Waals surface area contributed by atoms with Gasteiger partial charge in [-0.2, -0.15) is 0 Å².